The van der Waals surface area contributed by atoms with Gasteiger partial charge in [0.15, 0.2) is 0 Å². The lowest BCUT2D eigenvalue weighted by atomic mass is 10.0. The van der Waals surface area contributed by atoms with E-state index < -0.39 is 10.0 Å². The highest BCUT2D eigenvalue weighted by molar-refractivity contribution is 7.89. The molecular weight excluding hydrogens is 238 g/mol. The molecule has 6 heteroatoms. The van der Waals surface area contributed by atoms with E-state index in [1.807, 2.05) is 0 Å². The second-order valence-corrected chi connectivity index (χ2v) is 6.23. The molecule has 1 aromatic rings. The minimum absolute atomic E-state index is 0.262. The fourth-order valence-corrected chi connectivity index (χ4v) is 3.61. The summed E-state index contributed by atoms with van der Waals surface area (Å²) in [6.07, 6.45) is 4.84. The lowest BCUT2D eigenvalue weighted by Crippen LogP contribution is -2.41. The third-order valence-electron chi connectivity index (χ3n) is 3.09. The Morgan fingerprint density at radius 1 is 1.53 bits per heavy atom. The van der Waals surface area contributed by atoms with Gasteiger partial charge in [0.1, 0.15) is 4.90 Å². The average molecular weight is 255 g/mol. The van der Waals surface area contributed by atoms with Crippen molar-refractivity contribution in [3.8, 4) is 0 Å². The molecule has 1 aliphatic rings. The van der Waals surface area contributed by atoms with Crippen molar-refractivity contribution in [3.05, 3.63) is 24.5 Å². The van der Waals surface area contributed by atoms with Crippen LogP contribution in [0.3, 0.4) is 0 Å². The van der Waals surface area contributed by atoms with E-state index in [9.17, 15) is 8.42 Å². The standard InChI is InChI=1S/C11H17N3O2S/c12-7-10-3-2-6-14(9-10)17(15,16)11-4-1-5-13-8-11/h1,4-5,8,10H,2-3,6-7,9,12H2/t10-/m0/s1. The number of rotatable bonds is 3. The maximum Gasteiger partial charge on any atom is 0.244 e. The van der Waals surface area contributed by atoms with E-state index in [-0.39, 0.29) is 10.8 Å². The predicted molar refractivity (Wildman–Crippen MR) is 64.8 cm³/mol. The van der Waals surface area contributed by atoms with Crippen molar-refractivity contribution in [1.82, 2.24) is 9.29 Å². The summed E-state index contributed by atoms with van der Waals surface area (Å²) in [6.45, 7) is 1.64. The molecule has 0 aromatic carbocycles. The molecule has 0 aliphatic carbocycles. The zero-order valence-corrected chi connectivity index (χ0v) is 10.4. The average Bonchev–Trinajstić information content (AvgIpc) is 2.40. The van der Waals surface area contributed by atoms with E-state index in [0.29, 0.717) is 19.6 Å². The van der Waals surface area contributed by atoms with E-state index in [1.54, 1.807) is 18.3 Å². The molecule has 2 N–H and O–H groups in total. The van der Waals surface area contributed by atoms with Gasteiger partial charge in [0.2, 0.25) is 10.0 Å². The van der Waals surface area contributed by atoms with Crippen LogP contribution in [-0.4, -0.2) is 37.3 Å². The molecule has 1 atom stereocenters. The highest BCUT2D eigenvalue weighted by Crippen LogP contribution is 2.22. The molecule has 0 spiro atoms. The number of piperidine rings is 1. The van der Waals surface area contributed by atoms with Crippen molar-refractivity contribution in [1.29, 1.82) is 0 Å². The number of sulfonamides is 1. The zero-order chi connectivity index (χ0) is 12.3. The Kier molecular flexibility index (Phi) is 3.76. The third kappa shape index (κ3) is 2.65. The Hall–Kier alpha value is -0.980. The first kappa shape index (κ1) is 12.5. The Morgan fingerprint density at radius 2 is 2.35 bits per heavy atom. The van der Waals surface area contributed by atoms with Crippen LogP contribution in [0.1, 0.15) is 12.8 Å². The summed E-state index contributed by atoms with van der Waals surface area (Å²) in [5, 5.41) is 0. The van der Waals surface area contributed by atoms with Gasteiger partial charge >= 0.3 is 0 Å². The molecule has 0 amide bonds. The quantitative estimate of drug-likeness (QED) is 0.850. The summed E-state index contributed by atoms with van der Waals surface area (Å²) < 4.78 is 26.1. The van der Waals surface area contributed by atoms with Crippen LogP contribution in [0, 0.1) is 5.92 Å². The SMILES string of the molecule is NC[C@@H]1CCCN(S(=O)(=O)c2cccnc2)C1. The lowest BCUT2D eigenvalue weighted by Gasteiger charge is -2.31. The molecular formula is C11H17N3O2S. The molecule has 5 nitrogen and oxygen atoms in total. The first-order valence-corrected chi connectivity index (χ1v) is 7.19. The molecule has 0 bridgehead atoms. The Bertz CT molecular complexity index is 461. The van der Waals surface area contributed by atoms with E-state index in [2.05, 4.69) is 4.98 Å². The first-order chi connectivity index (χ1) is 8.14. The number of hydrogen-bond donors (Lipinski definition) is 1. The molecule has 17 heavy (non-hydrogen) atoms. The molecule has 0 radical (unpaired) electrons. The highest BCUT2D eigenvalue weighted by Gasteiger charge is 2.29. The van der Waals surface area contributed by atoms with Crippen molar-refractivity contribution in [3.63, 3.8) is 0 Å². The fourth-order valence-electron chi connectivity index (χ4n) is 2.09. The smallest absolute Gasteiger partial charge is 0.244 e. The van der Waals surface area contributed by atoms with Gasteiger partial charge in [0, 0.05) is 25.5 Å². The van der Waals surface area contributed by atoms with E-state index >= 15 is 0 Å². The topological polar surface area (TPSA) is 76.3 Å². The molecule has 1 fully saturated rings. The van der Waals surface area contributed by atoms with Crippen LogP contribution in [0.5, 0.6) is 0 Å². The number of pyridine rings is 1. The molecule has 1 aliphatic heterocycles. The number of nitrogens with zero attached hydrogens (tertiary/aromatic N) is 2. The second kappa shape index (κ2) is 5.12. The van der Waals surface area contributed by atoms with Gasteiger partial charge in [-0.15, -0.1) is 0 Å². The van der Waals surface area contributed by atoms with Crippen molar-refractivity contribution in [2.75, 3.05) is 19.6 Å². The van der Waals surface area contributed by atoms with Gasteiger partial charge in [0.05, 0.1) is 0 Å². The zero-order valence-electron chi connectivity index (χ0n) is 9.62. The summed E-state index contributed by atoms with van der Waals surface area (Å²) in [6, 6.07) is 3.21. The van der Waals surface area contributed by atoms with Crippen molar-refractivity contribution in [2.24, 2.45) is 11.7 Å². The summed E-state index contributed by atoms with van der Waals surface area (Å²) in [4.78, 5) is 4.12. The van der Waals surface area contributed by atoms with Crippen LogP contribution >= 0.6 is 0 Å². The van der Waals surface area contributed by atoms with Crippen LogP contribution in [0.15, 0.2) is 29.4 Å². The van der Waals surface area contributed by atoms with Gasteiger partial charge in [-0.05, 0) is 37.4 Å². The number of aromatic nitrogens is 1. The summed E-state index contributed by atoms with van der Waals surface area (Å²) in [5.41, 5.74) is 5.61. The van der Waals surface area contributed by atoms with Crippen molar-refractivity contribution >= 4 is 10.0 Å². The largest absolute Gasteiger partial charge is 0.330 e. The van der Waals surface area contributed by atoms with Gasteiger partial charge in [0.25, 0.3) is 0 Å². The van der Waals surface area contributed by atoms with E-state index in [0.717, 1.165) is 12.8 Å². The van der Waals surface area contributed by atoms with Crippen LogP contribution in [0.25, 0.3) is 0 Å². The van der Waals surface area contributed by atoms with Crippen LogP contribution < -0.4 is 5.73 Å². The fraction of sp³-hybridized carbons (Fsp3) is 0.545. The van der Waals surface area contributed by atoms with E-state index in [4.69, 9.17) is 5.73 Å². The van der Waals surface area contributed by atoms with Crippen LogP contribution in [-0.2, 0) is 10.0 Å². The predicted octanol–water partition coefficient (Wildman–Crippen LogP) is 0.441. The second-order valence-electron chi connectivity index (χ2n) is 4.30. The van der Waals surface area contributed by atoms with Gasteiger partial charge in [-0.1, -0.05) is 0 Å². The molecule has 1 aromatic heterocycles. The molecule has 2 heterocycles. The minimum Gasteiger partial charge on any atom is -0.330 e. The van der Waals surface area contributed by atoms with Gasteiger partial charge in [-0.25, -0.2) is 8.42 Å². The summed E-state index contributed by atoms with van der Waals surface area (Å²) >= 11 is 0. The Morgan fingerprint density at radius 3 is 3.00 bits per heavy atom. The first-order valence-electron chi connectivity index (χ1n) is 5.75. The van der Waals surface area contributed by atoms with Crippen LogP contribution in [0.4, 0.5) is 0 Å². The summed E-state index contributed by atoms with van der Waals surface area (Å²) in [5.74, 6) is 0.273. The minimum atomic E-state index is -3.39. The summed E-state index contributed by atoms with van der Waals surface area (Å²) in [7, 11) is -3.39. The molecule has 94 valence electrons. The third-order valence-corrected chi connectivity index (χ3v) is 4.94. The number of nitrogens with two attached hydrogens (primary N) is 1. The maximum atomic E-state index is 12.3. The molecule has 0 unspecified atom stereocenters. The van der Waals surface area contributed by atoms with E-state index in [1.165, 1.54) is 10.5 Å². The van der Waals surface area contributed by atoms with Gasteiger partial charge in [-0.2, -0.15) is 4.31 Å². The molecule has 0 saturated carbocycles. The van der Waals surface area contributed by atoms with Gasteiger partial charge in [-0.3, -0.25) is 4.98 Å². The Balaban J connectivity index is 2.21. The monoisotopic (exact) mass is 255 g/mol. The normalized spacial score (nSPS) is 22.5. The highest BCUT2D eigenvalue weighted by atomic mass is 32.2. The maximum absolute atomic E-state index is 12.3. The Labute approximate surface area is 102 Å². The number of hydrogen-bond acceptors (Lipinski definition) is 4. The molecule has 2 rings (SSSR count). The van der Waals surface area contributed by atoms with Crippen molar-refractivity contribution in [2.45, 2.75) is 17.7 Å². The lowest BCUT2D eigenvalue weighted by molar-refractivity contribution is 0.271. The molecule has 1 saturated heterocycles. The van der Waals surface area contributed by atoms with Crippen LogP contribution in [0.2, 0.25) is 0 Å². The van der Waals surface area contributed by atoms with Gasteiger partial charge < -0.3 is 5.73 Å². The van der Waals surface area contributed by atoms with Crippen molar-refractivity contribution < 1.29 is 8.42 Å².